The van der Waals surface area contributed by atoms with Crippen LogP contribution in [0.25, 0.3) is 5.57 Å². The fourth-order valence-electron chi connectivity index (χ4n) is 3.22. The van der Waals surface area contributed by atoms with Crippen molar-refractivity contribution in [2.75, 3.05) is 25.0 Å². The normalized spacial score (nSPS) is 15.5. The molecular weight excluding hydrogens is 318 g/mol. The molecule has 3 nitrogen and oxygen atoms in total. The van der Waals surface area contributed by atoms with Crippen molar-refractivity contribution in [3.05, 3.63) is 64.8 Å². The Labute approximate surface area is 149 Å². The van der Waals surface area contributed by atoms with Gasteiger partial charge in [-0.15, -0.1) is 0 Å². The van der Waals surface area contributed by atoms with Crippen molar-refractivity contribution in [3.8, 4) is 0 Å². The molecule has 0 amide bonds. The molecule has 1 saturated heterocycles. The van der Waals surface area contributed by atoms with Gasteiger partial charge in [0.25, 0.3) is 0 Å². The van der Waals surface area contributed by atoms with E-state index in [2.05, 4.69) is 40.8 Å². The van der Waals surface area contributed by atoms with Crippen LogP contribution in [0.5, 0.6) is 0 Å². The molecule has 0 unspecified atom stereocenters. The monoisotopic (exact) mass is 341 g/mol. The second-order valence-corrected chi connectivity index (χ2v) is 6.83. The Balaban J connectivity index is 1.75. The smallest absolute Gasteiger partial charge is 0.128 e. The Kier molecular flexibility index (Phi) is 5.22. The fourth-order valence-corrected chi connectivity index (χ4v) is 3.40. The first-order valence-electron chi connectivity index (χ1n) is 8.42. The quantitative estimate of drug-likeness (QED) is 0.899. The highest BCUT2D eigenvalue weighted by Crippen LogP contribution is 2.28. The van der Waals surface area contributed by atoms with E-state index in [1.807, 2.05) is 31.4 Å². The van der Waals surface area contributed by atoms with Gasteiger partial charge in [-0.2, -0.15) is 0 Å². The third-order valence-electron chi connectivity index (χ3n) is 4.85. The van der Waals surface area contributed by atoms with Gasteiger partial charge in [0.1, 0.15) is 5.82 Å². The molecule has 3 rings (SSSR count). The zero-order chi connectivity index (χ0) is 17.1. The number of aryl methyl sites for hydroxylation is 1. The van der Waals surface area contributed by atoms with Crippen LogP contribution in [0.1, 0.15) is 29.5 Å². The van der Waals surface area contributed by atoms with Gasteiger partial charge in [-0.25, -0.2) is 4.98 Å². The highest BCUT2D eigenvalue weighted by atomic mass is 35.5. The van der Waals surface area contributed by atoms with Crippen molar-refractivity contribution in [1.29, 1.82) is 0 Å². The van der Waals surface area contributed by atoms with E-state index in [1.165, 1.54) is 5.56 Å². The van der Waals surface area contributed by atoms with E-state index in [1.54, 1.807) is 0 Å². The SMILES string of the molecule is C=C(c1ccc(N2CCC(NC)CC2)nc1)c1cc(Cl)ccc1C. The van der Waals surface area contributed by atoms with Crippen LogP contribution in [-0.2, 0) is 0 Å². The van der Waals surface area contributed by atoms with E-state index in [0.717, 1.165) is 53.5 Å². The minimum Gasteiger partial charge on any atom is -0.357 e. The molecule has 0 aliphatic carbocycles. The Morgan fingerprint density at radius 1 is 1.25 bits per heavy atom. The maximum Gasteiger partial charge on any atom is 0.128 e. The summed E-state index contributed by atoms with van der Waals surface area (Å²) in [5, 5.41) is 4.09. The van der Waals surface area contributed by atoms with Crippen LogP contribution in [0.2, 0.25) is 5.02 Å². The van der Waals surface area contributed by atoms with Gasteiger partial charge in [0, 0.05) is 35.9 Å². The molecule has 0 saturated carbocycles. The maximum absolute atomic E-state index is 6.13. The van der Waals surface area contributed by atoms with Crippen molar-refractivity contribution in [2.45, 2.75) is 25.8 Å². The summed E-state index contributed by atoms with van der Waals surface area (Å²) in [4.78, 5) is 7.02. The average molecular weight is 342 g/mol. The number of anilines is 1. The zero-order valence-corrected chi connectivity index (χ0v) is 15.1. The topological polar surface area (TPSA) is 28.2 Å². The molecule has 1 aliphatic rings. The van der Waals surface area contributed by atoms with Crippen molar-refractivity contribution in [2.24, 2.45) is 0 Å². The Morgan fingerprint density at radius 3 is 2.62 bits per heavy atom. The van der Waals surface area contributed by atoms with E-state index in [4.69, 9.17) is 11.6 Å². The number of hydrogen-bond acceptors (Lipinski definition) is 3. The summed E-state index contributed by atoms with van der Waals surface area (Å²) in [7, 11) is 2.04. The maximum atomic E-state index is 6.13. The molecule has 126 valence electrons. The lowest BCUT2D eigenvalue weighted by molar-refractivity contribution is 0.441. The van der Waals surface area contributed by atoms with Crippen molar-refractivity contribution in [3.63, 3.8) is 0 Å². The number of halogens is 1. The highest BCUT2D eigenvalue weighted by molar-refractivity contribution is 6.30. The lowest BCUT2D eigenvalue weighted by Gasteiger charge is -2.32. The molecule has 2 heterocycles. The second kappa shape index (κ2) is 7.37. The molecule has 2 aromatic rings. The number of rotatable bonds is 4. The van der Waals surface area contributed by atoms with Crippen LogP contribution in [-0.4, -0.2) is 31.2 Å². The van der Waals surface area contributed by atoms with Crippen molar-refractivity contribution >= 4 is 23.0 Å². The van der Waals surface area contributed by atoms with E-state index in [9.17, 15) is 0 Å². The van der Waals surface area contributed by atoms with Crippen LogP contribution in [0.15, 0.2) is 43.1 Å². The third-order valence-corrected chi connectivity index (χ3v) is 5.08. The Morgan fingerprint density at radius 2 is 2.00 bits per heavy atom. The van der Waals surface area contributed by atoms with Crippen LogP contribution >= 0.6 is 11.6 Å². The number of aromatic nitrogens is 1. The highest BCUT2D eigenvalue weighted by Gasteiger charge is 2.18. The van der Waals surface area contributed by atoms with Gasteiger partial charge in [-0.1, -0.05) is 24.2 Å². The minimum atomic E-state index is 0.631. The minimum absolute atomic E-state index is 0.631. The van der Waals surface area contributed by atoms with E-state index in [-0.39, 0.29) is 0 Å². The average Bonchev–Trinajstić information content (AvgIpc) is 2.63. The molecule has 4 heteroatoms. The van der Waals surface area contributed by atoms with Gasteiger partial charge < -0.3 is 10.2 Å². The van der Waals surface area contributed by atoms with E-state index >= 15 is 0 Å². The molecule has 1 aromatic heterocycles. The first-order chi connectivity index (χ1) is 11.6. The van der Waals surface area contributed by atoms with Gasteiger partial charge >= 0.3 is 0 Å². The van der Waals surface area contributed by atoms with Crippen LogP contribution in [0.4, 0.5) is 5.82 Å². The lowest BCUT2D eigenvalue weighted by atomic mass is 9.97. The molecule has 1 N–H and O–H groups in total. The predicted molar refractivity (Wildman–Crippen MR) is 103 cm³/mol. The van der Waals surface area contributed by atoms with E-state index in [0.29, 0.717) is 6.04 Å². The largest absolute Gasteiger partial charge is 0.357 e. The summed E-state index contributed by atoms with van der Waals surface area (Å²) in [5.41, 5.74) is 4.24. The van der Waals surface area contributed by atoms with Crippen molar-refractivity contribution in [1.82, 2.24) is 10.3 Å². The molecular formula is C20H24ClN3. The molecule has 1 aromatic carbocycles. The zero-order valence-electron chi connectivity index (χ0n) is 14.3. The van der Waals surface area contributed by atoms with Gasteiger partial charge in [-0.05, 0) is 67.8 Å². The lowest BCUT2D eigenvalue weighted by Crippen LogP contribution is -2.41. The molecule has 1 fully saturated rings. The van der Waals surface area contributed by atoms with Gasteiger partial charge in [0.2, 0.25) is 0 Å². The first kappa shape index (κ1) is 17.0. The summed E-state index contributed by atoms with van der Waals surface area (Å²) in [6.07, 6.45) is 4.24. The molecule has 0 radical (unpaired) electrons. The third kappa shape index (κ3) is 3.63. The summed E-state index contributed by atoms with van der Waals surface area (Å²) < 4.78 is 0. The molecule has 1 aliphatic heterocycles. The number of pyridine rings is 1. The Hall–Kier alpha value is -1.84. The number of nitrogens with zero attached hydrogens (tertiary/aromatic N) is 2. The number of hydrogen-bond donors (Lipinski definition) is 1. The van der Waals surface area contributed by atoms with Gasteiger partial charge in [0.05, 0.1) is 0 Å². The standard InChI is InChI=1S/C20H24ClN3/c1-14-4-6-17(21)12-19(14)15(2)16-5-7-20(23-13-16)24-10-8-18(22-3)9-11-24/h4-7,12-13,18,22H,2,8-11H2,1,3H3. The van der Waals surface area contributed by atoms with Crippen LogP contribution in [0, 0.1) is 6.92 Å². The second-order valence-electron chi connectivity index (χ2n) is 6.39. The molecule has 24 heavy (non-hydrogen) atoms. The van der Waals surface area contributed by atoms with Crippen LogP contribution in [0.3, 0.4) is 0 Å². The summed E-state index contributed by atoms with van der Waals surface area (Å²) >= 11 is 6.13. The van der Waals surface area contributed by atoms with Gasteiger partial charge in [0.15, 0.2) is 0 Å². The summed E-state index contributed by atoms with van der Waals surface area (Å²) in [6.45, 7) is 8.41. The number of nitrogens with one attached hydrogen (secondary N) is 1. The van der Waals surface area contributed by atoms with E-state index < -0.39 is 0 Å². The van der Waals surface area contributed by atoms with Crippen LogP contribution < -0.4 is 10.2 Å². The molecule has 0 atom stereocenters. The Bertz CT molecular complexity index is 716. The first-order valence-corrected chi connectivity index (χ1v) is 8.80. The summed E-state index contributed by atoms with van der Waals surface area (Å²) in [6, 6.07) is 10.7. The summed E-state index contributed by atoms with van der Waals surface area (Å²) in [5.74, 6) is 1.05. The van der Waals surface area contributed by atoms with Crippen molar-refractivity contribution < 1.29 is 0 Å². The predicted octanol–water partition coefficient (Wildman–Crippen LogP) is 4.29. The molecule has 0 spiro atoms. The number of piperidine rings is 1. The molecule has 0 bridgehead atoms. The number of benzene rings is 1. The van der Waals surface area contributed by atoms with Gasteiger partial charge in [-0.3, -0.25) is 0 Å². The fraction of sp³-hybridized carbons (Fsp3) is 0.350.